The van der Waals surface area contributed by atoms with Gasteiger partial charge in [0.2, 0.25) is 5.91 Å². The summed E-state index contributed by atoms with van der Waals surface area (Å²) in [7, 11) is 0. The summed E-state index contributed by atoms with van der Waals surface area (Å²) in [5.74, 6) is -0.283. The number of aliphatic hydroxyl groups is 11. The summed E-state index contributed by atoms with van der Waals surface area (Å²) in [5.41, 5.74) is 0. The van der Waals surface area contributed by atoms with Crippen LogP contribution in [0.5, 0.6) is 0 Å². The molecule has 19 nitrogen and oxygen atoms in total. The number of amides is 1. The minimum atomic E-state index is -1.98. The summed E-state index contributed by atoms with van der Waals surface area (Å²) in [6, 6.07) is -0.996. The molecule has 17 unspecified atom stereocenters. The molecule has 0 spiro atoms. The standard InChI is InChI=1S/C79H147NO18/c1-3-5-7-9-11-13-15-17-19-21-23-25-27-29-30-31-33-34-36-38-40-42-44-46-48-50-52-54-56-63(84)62(80-67(85)57-55-53-51-49-47-45-43-41-39-37-35-32-28-26-24-22-20-18-16-14-12-10-8-6-4-2)61-93-77-73(91)70(88)75(65(59-82)95-77)98-79-74(92)71(89)76(66(60-83)96-79)97-78-72(90)69(87)68(86)64(58-81)94-78/h38,40,46,48,54,56,62-66,68-79,81-84,86-92H,3-37,39,41-45,47,49-53,55,57-61H2,1-2H3,(H,80,85)/b40-38+,48-46+,56-54+. The molecule has 0 radical (unpaired) electrons. The number of aliphatic hydroxyl groups excluding tert-OH is 11. The average molecular weight is 1400 g/mol. The molecule has 3 saturated heterocycles. The zero-order chi connectivity index (χ0) is 71.1. The van der Waals surface area contributed by atoms with E-state index in [4.69, 9.17) is 28.4 Å². The number of carbonyl (C=O) groups excluding carboxylic acids is 1. The third-order valence-corrected chi connectivity index (χ3v) is 20.2. The summed E-state index contributed by atoms with van der Waals surface area (Å²) >= 11 is 0. The molecule has 0 aromatic heterocycles. The van der Waals surface area contributed by atoms with E-state index >= 15 is 0 Å². The van der Waals surface area contributed by atoms with Crippen molar-refractivity contribution in [1.82, 2.24) is 5.32 Å². The zero-order valence-corrected chi connectivity index (χ0v) is 61.5. The molecule has 3 aliphatic heterocycles. The van der Waals surface area contributed by atoms with Gasteiger partial charge in [-0.05, 0) is 44.9 Å². The molecule has 0 bridgehead atoms. The Hall–Kier alpha value is -1.99. The molecule has 0 aromatic carbocycles. The van der Waals surface area contributed by atoms with Crippen molar-refractivity contribution in [3.63, 3.8) is 0 Å². The van der Waals surface area contributed by atoms with E-state index < -0.39 is 124 Å². The van der Waals surface area contributed by atoms with Crippen LogP contribution < -0.4 is 5.32 Å². The van der Waals surface area contributed by atoms with Crippen LogP contribution in [-0.2, 0) is 33.2 Å². The van der Waals surface area contributed by atoms with Crippen LogP contribution in [0.25, 0.3) is 0 Å². The van der Waals surface area contributed by atoms with Gasteiger partial charge in [-0.1, -0.05) is 314 Å². The molecular weight excluding hydrogens is 1250 g/mol. The van der Waals surface area contributed by atoms with Crippen LogP contribution >= 0.6 is 0 Å². The fraction of sp³-hybridized carbons (Fsp3) is 0.911. The number of rotatable bonds is 64. The molecule has 0 aliphatic carbocycles. The Morgan fingerprint density at radius 3 is 1.02 bits per heavy atom. The number of nitrogens with one attached hydrogen (secondary N) is 1. The van der Waals surface area contributed by atoms with Gasteiger partial charge in [-0.15, -0.1) is 0 Å². The Bertz CT molecular complexity index is 1910. The molecule has 3 rings (SSSR count). The lowest BCUT2D eigenvalue weighted by atomic mass is 9.96. The van der Waals surface area contributed by atoms with E-state index in [1.165, 1.54) is 250 Å². The molecule has 19 heteroatoms. The Morgan fingerprint density at radius 2 is 0.653 bits per heavy atom. The Kier molecular flexibility index (Phi) is 55.5. The van der Waals surface area contributed by atoms with Crippen LogP contribution in [0.1, 0.15) is 328 Å². The highest BCUT2D eigenvalue weighted by atomic mass is 16.8. The maximum absolute atomic E-state index is 13.5. The first-order valence-corrected chi connectivity index (χ1v) is 40.2. The zero-order valence-electron chi connectivity index (χ0n) is 61.5. The van der Waals surface area contributed by atoms with E-state index in [1.807, 2.05) is 6.08 Å². The van der Waals surface area contributed by atoms with Gasteiger partial charge in [0.1, 0.15) is 73.2 Å². The molecule has 0 saturated carbocycles. The molecule has 3 fully saturated rings. The van der Waals surface area contributed by atoms with Crippen LogP contribution in [0.3, 0.4) is 0 Å². The normalized spacial score (nSPS) is 26.9. The molecule has 576 valence electrons. The second-order valence-corrected chi connectivity index (χ2v) is 28.9. The van der Waals surface area contributed by atoms with Crippen molar-refractivity contribution in [2.75, 3.05) is 26.4 Å². The smallest absolute Gasteiger partial charge is 0.220 e. The number of allylic oxidation sites excluding steroid dienone is 5. The van der Waals surface area contributed by atoms with E-state index in [-0.39, 0.29) is 18.9 Å². The predicted molar refractivity (Wildman–Crippen MR) is 388 cm³/mol. The minimum absolute atomic E-state index is 0.236. The monoisotopic (exact) mass is 1400 g/mol. The third kappa shape index (κ3) is 40.3. The Labute approximate surface area is 593 Å². The van der Waals surface area contributed by atoms with Crippen LogP contribution in [0.15, 0.2) is 36.5 Å². The molecular formula is C79H147NO18. The first kappa shape index (κ1) is 90.2. The highest BCUT2D eigenvalue weighted by Gasteiger charge is 2.54. The Balaban J connectivity index is 1.40. The van der Waals surface area contributed by atoms with Crippen molar-refractivity contribution in [2.45, 2.75) is 433 Å². The lowest BCUT2D eigenvalue weighted by molar-refractivity contribution is -0.379. The van der Waals surface area contributed by atoms with Crippen molar-refractivity contribution in [2.24, 2.45) is 0 Å². The predicted octanol–water partition coefficient (Wildman–Crippen LogP) is 13.1. The van der Waals surface area contributed by atoms with E-state index in [1.54, 1.807) is 6.08 Å². The summed E-state index contributed by atoms with van der Waals surface area (Å²) in [6.45, 7) is 1.77. The largest absolute Gasteiger partial charge is 0.394 e. The SMILES string of the molecule is CCCCCCCCCCCCCCCCCCCC/C=C/CC/C=C/CC/C=C/C(O)C(COC1OC(CO)C(OC2OC(CO)C(OC3OC(CO)C(O)C(O)C3O)C(O)C2O)C(O)C1O)NC(=O)CCCCCCCCCCCCCCCCCCCCCCCCCCC. The van der Waals surface area contributed by atoms with Crippen molar-refractivity contribution in [3.8, 4) is 0 Å². The molecule has 12 N–H and O–H groups in total. The molecule has 17 atom stereocenters. The lowest BCUT2D eigenvalue weighted by Crippen LogP contribution is -2.66. The van der Waals surface area contributed by atoms with Gasteiger partial charge < -0.3 is 89.9 Å². The number of hydrogen-bond acceptors (Lipinski definition) is 18. The topological polar surface area (TPSA) is 307 Å². The molecule has 1 amide bonds. The third-order valence-electron chi connectivity index (χ3n) is 20.2. The minimum Gasteiger partial charge on any atom is -0.394 e. The molecule has 98 heavy (non-hydrogen) atoms. The van der Waals surface area contributed by atoms with Crippen LogP contribution in [0.4, 0.5) is 0 Å². The molecule has 0 aromatic rings. The second kappa shape index (κ2) is 60.3. The van der Waals surface area contributed by atoms with Crippen molar-refractivity contribution < 1.29 is 89.4 Å². The van der Waals surface area contributed by atoms with Gasteiger partial charge in [-0.3, -0.25) is 4.79 Å². The molecule has 3 aliphatic rings. The van der Waals surface area contributed by atoms with Crippen LogP contribution in [0.2, 0.25) is 0 Å². The van der Waals surface area contributed by atoms with Crippen molar-refractivity contribution >= 4 is 5.91 Å². The summed E-state index contributed by atoms with van der Waals surface area (Å²) in [5, 5.41) is 121. The van der Waals surface area contributed by atoms with Crippen LogP contribution in [-0.4, -0.2) is 193 Å². The highest BCUT2D eigenvalue weighted by Crippen LogP contribution is 2.33. The van der Waals surface area contributed by atoms with Gasteiger partial charge in [0.15, 0.2) is 18.9 Å². The van der Waals surface area contributed by atoms with E-state index in [0.717, 1.165) is 44.9 Å². The quantitative estimate of drug-likeness (QED) is 0.0199. The Morgan fingerprint density at radius 1 is 0.357 bits per heavy atom. The van der Waals surface area contributed by atoms with Gasteiger partial charge in [-0.25, -0.2) is 0 Å². The van der Waals surface area contributed by atoms with Gasteiger partial charge in [0.25, 0.3) is 0 Å². The maximum Gasteiger partial charge on any atom is 0.220 e. The summed E-state index contributed by atoms with van der Waals surface area (Å²) < 4.78 is 34.4. The summed E-state index contributed by atoms with van der Waals surface area (Å²) in [6.07, 6.45) is 47.1. The van der Waals surface area contributed by atoms with E-state index in [9.17, 15) is 61.0 Å². The highest BCUT2D eigenvalue weighted by molar-refractivity contribution is 5.76. The first-order chi connectivity index (χ1) is 47.8. The first-order valence-electron chi connectivity index (χ1n) is 40.2. The number of carbonyl (C=O) groups is 1. The van der Waals surface area contributed by atoms with Gasteiger partial charge in [0.05, 0.1) is 38.6 Å². The summed E-state index contributed by atoms with van der Waals surface area (Å²) in [4.78, 5) is 13.5. The van der Waals surface area contributed by atoms with Gasteiger partial charge in [0, 0.05) is 6.42 Å². The van der Waals surface area contributed by atoms with E-state index in [2.05, 4.69) is 43.5 Å². The van der Waals surface area contributed by atoms with Crippen LogP contribution in [0, 0.1) is 0 Å². The fourth-order valence-electron chi connectivity index (χ4n) is 13.7. The van der Waals surface area contributed by atoms with Gasteiger partial charge >= 0.3 is 0 Å². The molecule has 3 heterocycles. The number of unbranched alkanes of at least 4 members (excludes halogenated alkanes) is 44. The fourth-order valence-corrected chi connectivity index (χ4v) is 13.7. The number of hydrogen-bond donors (Lipinski definition) is 12. The lowest BCUT2D eigenvalue weighted by Gasteiger charge is -2.48. The number of ether oxygens (including phenoxy) is 6. The second-order valence-electron chi connectivity index (χ2n) is 28.9. The van der Waals surface area contributed by atoms with Crippen molar-refractivity contribution in [3.05, 3.63) is 36.5 Å². The van der Waals surface area contributed by atoms with E-state index in [0.29, 0.717) is 12.8 Å². The average Bonchev–Trinajstić information content (AvgIpc) is 0.785. The maximum atomic E-state index is 13.5. The van der Waals surface area contributed by atoms with Crippen molar-refractivity contribution in [1.29, 1.82) is 0 Å². The van der Waals surface area contributed by atoms with Gasteiger partial charge in [-0.2, -0.15) is 0 Å².